The Balaban J connectivity index is 1.87. The van der Waals surface area contributed by atoms with Gasteiger partial charge >= 0.3 is 5.97 Å². The first-order valence-corrected chi connectivity index (χ1v) is 8.22. The first kappa shape index (κ1) is 17.2. The highest BCUT2D eigenvalue weighted by molar-refractivity contribution is 7.00. The molecule has 2 atom stereocenters. The number of carbonyl (C=O) groups is 2. The van der Waals surface area contributed by atoms with E-state index in [4.69, 9.17) is 4.74 Å². The minimum Gasteiger partial charge on any atom is -0.480 e. The molecule has 0 aliphatic carbocycles. The number of nitrogens with zero attached hydrogens (tertiary/aromatic N) is 3. The largest absolute Gasteiger partial charge is 0.480 e. The molecule has 1 fully saturated rings. The average Bonchev–Trinajstić information content (AvgIpc) is 3.07. The lowest BCUT2D eigenvalue weighted by molar-refractivity contribution is -0.383. The van der Waals surface area contributed by atoms with Gasteiger partial charge in [0.1, 0.15) is 11.6 Å². The number of carboxylic acid groups (broad SMARTS) is 1. The number of nitro groups is 1. The number of nitro benzene ring substituents is 1. The molecule has 2 N–H and O–H groups in total. The molecule has 2 heterocycles. The van der Waals surface area contributed by atoms with E-state index >= 15 is 0 Å². The topological polar surface area (TPSA) is 145 Å². The number of carboxylic acids is 1. The van der Waals surface area contributed by atoms with E-state index in [0.29, 0.717) is 19.4 Å². The molecule has 2 aromatic rings. The van der Waals surface area contributed by atoms with Crippen molar-refractivity contribution in [2.75, 3.05) is 13.2 Å². The molecule has 1 aliphatic heterocycles. The minimum absolute atomic E-state index is 0.0325. The molecule has 132 valence electrons. The van der Waals surface area contributed by atoms with E-state index in [2.05, 4.69) is 14.1 Å². The lowest BCUT2D eigenvalue weighted by Gasteiger charge is -2.28. The molecule has 1 aromatic carbocycles. The van der Waals surface area contributed by atoms with Gasteiger partial charge in [0, 0.05) is 24.2 Å². The van der Waals surface area contributed by atoms with Crippen molar-refractivity contribution in [1.82, 2.24) is 14.1 Å². The minimum atomic E-state index is -1.17. The molecule has 1 aliphatic rings. The number of aromatic nitrogens is 2. The van der Waals surface area contributed by atoms with Gasteiger partial charge in [0.15, 0.2) is 5.52 Å². The standard InChI is InChI=1S/C14H14N4O6S/c19-13(15-11(14(20)21)7-2-1-3-24-6-7)8-4-9-12(17-25-16-9)10(5-8)18(22)23/h4-5,7,11H,1-3,6H2,(H,15,19)(H,20,21). The molecule has 11 heteroatoms. The Hall–Kier alpha value is -2.66. The monoisotopic (exact) mass is 366 g/mol. The highest BCUT2D eigenvalue weighted by Crippen LogP contribution is 2.26. The zero-order valence-electron chi connectivity index (χ0n) is 12.9. The van der Waals surface area contributed by atoms with Crippen molar-refractivity contribution in [3.63, 3.8) is 0 Å². The van der Waals surface area contributed by atoms with Crippen molar-refractivity contribution < 1.29 is 24.4 Å². The van der Waals surface area contributed by atoms with Gasteiger partial charge in [-0.1, -0.05) is 0 Å². The summed E-state index contributed by atoms with van der Waals surface area (Å²) in [5.74, 6) is -2.24. The summed E-state index contributed by atoms with van der Waals surface area (Å²) in [6, 6.07) is 1.31. The van der Waals surface area contributed by atoms with Crippen molar-refractivity contribution >= 4 is 40.3 Å². The fourth-order valence-electron chi connectivity index (χ4n) is 2.78. The maximum absolute atomic E-state index is 12.5. The second-order valence-corrected chi connectivity index (χ2v) is 6.18. The Labute approximate surface area is 145 Å². The average molecular weight is 366 g/mol. The Morgan fingerprint density at radius 3 is 2.88 bits per heavy atom. The number of carbonyl (C=O) groups excluding carboxylic acids is 1. The number of benzene rings is 1. The van der Waals surface area contributed by atoms with Gasteiger partial charge in [0.05, 0.1) is 23.3 Å². The summed E-state index contributed by atoms with van der Waals surface area (Å²) in [6.07, 6.45) is 1.33. The fourth-order valence-corrected chi connectivity index (χ4v) is 3.31. The van der Waals surface area contributed by atoms with E-state index in [-0.39, 0.29) is 34.8 Å². The maximum atomic E-state index is 12.5. The van der Waals surface area contributed by atoms with Gasteiger partial charge in [0.25, 0.3) is 11.6 Å². The van der Waals surface area contributed by atoms with Crippen LogP contribution in [0.15, 0.2) is 12.1 Å². The van der Waals surface area contributed by atoms with E-state index in [1.54, 1.807) is 0 Å². The van der Waals surface area contributed by atoms with E-state index < -0.39 is 22.8 Å². The SMILES string of the molecule is O=C(NC(C(=O)O)C1CCCOC1)c1cc([N+](=O)[O-])c2nsnc2c1. The third kappa shape index (κ3) is 3.56. The Kier molecular flexibility index (Phi) is 4.86. The molecular weight excluding hydrogens is 352 g/mol. The molecular formula is C14H14N4O6S. The van der Waals surface area contributed by atoms with Crippen LogP contribution in [0.25, 0.3) is 11.0 Å². The molecule has 0 bridgehead atoms. The number of hydrogen-bond donors (Lipinski definition) is 2. The van der Waals surface area contributed by atoms with Crippen LogP contribution in [-0.4, -0.2) is 49.9 Å². The van der Waals surface area contributed by atoms with Gasteiger partial charge in [-0.05, 0) is 18.9 Å². The van der Waals surface area contributed by atoms with Crippen LogP contribution in [-0.2, 0) is 9.53 Å². The fraction of sp³-hybridized carbons (Fsp3) is 0.429. The normalized spacial score (nSPS) is 18.6. The first-order valence-electron chi connectivity index (χ1n) is 7.49. The summed E-state index contributed by atoms with van der Waals surface area (Å²) in [4.78, 5) is 34.5. The predicted octanol–water partition coefficient (Wildman–Crippen LogP) is 1.21. The van der Waals surface area contributed by atoms with Gasteiger partial charge in [-0.2, -0.15) is 8.75 Å². The number of ether oxygens (including phenoxy) is 1. The van der Waals surface area contributed by atoms with Crippen LogP contribution in [0.3, 0.4) is 0 Å². The molecule has 2 unspecified atom stereocenters. The third-order valence-corrected chi connectivity index (χ3v) is 4.56. The number of aliphatic carboxylic acids is 1. The van der Waals surface area contributed by atoms with Crippen LogP contribution in [0.2, 0.25) is 0 Å². The summed E-state index contributed by atoms with van der Waals surface area (Å²) < 4.78 is 13.0. The lowest BCUT2D eigenvalue weighted by Crippen LogP contribution is -2.48. The summed E-state index contributed by atoms with van der Waals surface area (Å²) in [5, 5.41) is 23.0. The lowest BCUT2D eigenvalue weighted by atomic mass is 9.93. The third-order valence-electron chi connectivity index (χ3n) is 4.02. The molecule has 0 saturated carbocycles. The zero-order valence-corrected chi connectivity index (χ0v) is 13.7. The number of non-ortho nitro benzene ring substituents is 1. The van der Waals surface area contributed by atoms with Crippen molar-refractivity contribution in [3.05, 3.63) is 27.8 Å². The molecule has 25 heavy (non-hydrogen) atoms. The van der Waals surface area contributed by atoms with Gasteiger partial charge < -0.3 is 15.2 Å². The Bertz CT molecular complexity index is 832. The van der Waals surface area contributed by atoms with Crippen LogP contribution in [0, 0.1) is 16.0 Å². The van der Waals surface area contributed by atoms with Crippen LogP contribution < -0.4 is 5.32 Å². The van der Waals surface area contributed by atoms with Gasteiger partial charge in [-0.15, -0.1) is 0 Å². The second kappa shape index (κ2) is 7.07. The van der Waals surface area contributed by atoms with Gasteiger partial charge in [-0.3, -0.25) is 14.9 Å². The summed E-state index contributed by atoms with van der Waals surface area (Å²) in [5.41, 5.74) is -0.0570. The smallest absolute Gasteiger partial charge is 0.326 e. The predicted molar refractivity (Wildman–Crippen MR) is 86.5 cm³/mol. The van der Waals surface area contributed by atoms with E-state index in [1.807, 2.05) is 0 Å². The van der Waals surface area contributed by atoms with E-state index in [9.17, 15) is 24.8 Å². The highest BCUT2D eigenvalue weighted by Gasteiger charge is 2.32. The second-order valence-electron chi connectivity index (χ2n) is 5.65. The number of hydrogen-bond acceptors (Lipinski definition) is 8. The van der Waals surface area contributed by atoms with E-state index in [1.165, 1.54) is 6.07 Å². The molecule has 3 rings (SSSR count). The Morgan fingerprint density at radius 2 is 2.24 bits per heavy atom. The van der Waals surface area contributed by atoms with Crippen LogP contribution >= 0.6 is 11.7 Å². The number of rotatable bonds is 5. The van der Waals surface area contributed by atoms with Crippen molar-refractivity contribution in [2.45, 2.75) is 18.9 Å². The highest BCUT2D eigenvalue weighted by atomic mass is 32.1. The quantitative estimate of drug-likeness (QED) is 0.593. The number of fused-ring (bicyclic) bond motifs is 1. The molecule has 10 nitrogen and oxygen atoms in total. The molecule has 1 amide bonds. The first-order chi connectivity index (χ1) is 12.0. The zero-order chi connectivity index (χ0) is 18.0. The summed E-state index contributed by atoms with van der Waals surface area (Å²) in [6.45, 7) is 0.808. The number of nitrogens with one attached hydrogen (secondary N) is 1. The van der Waals surface area contributed by atoms with Crippen molar-refractivity contribution in [1.29, 1.82) is 0 Å². The van der Waals surface area contributed by atoms with E-state index in [0.717, 1.165) is 17.8 Å². The molecule has 0 radical (unpaired) electrons. The molecule has 1 saturated heterocycles. The maximum Gasteiger partial charge on any atom is 0.326 e. The van der Waals surface area contributed by atoms with Gasteiger partial charge in [-0.25, -0.2) is 4.79 Å². The molecule has 0 spiro atoms. The van der Waals surface area contributed by atoms with Crippen LogP contribution in [0.5, 0.6) is 0 Å². The molecule has 1 aromatic heterocycles. The summed E-state index contributed by atoms with van der Waals surface area (Å²) in [7, 11) is 0. The van der Waals surface area contributed by atoms with Gasteiger partial charge in [0.2, 0.25) is 0 Å². The van der Waals surface area contributed by atoms with Crippen molar-refractivity contribution in [2.24, 2.45) is 5.92 Å². The van der Waals surface area contributed by atoms with Crippen molar-refractivity contribution in [3.8, 4) is 0 Å². The van der Waals surface area contributed by atoms with Crippen LogP contribution in [0.4, 0.5) is 5.69 Å². The Morgan fingerprint density at radius 1 is 1.44 bits per heavy atom. The number of amides is 1. The summed E-state index contributed by atoms with van der Waals surface area (Å²) >= 11 is 0.800. The van der Waals surface area contributed by atoms with Crippen LogP contribution in [0.1, 0.15) is 23.2 Å².